The zero-order chi connectivity index (χ0) is 19.3. The maximum absolute atomic E-state index is 12.5. The number of benzene rings is 1. The van der Waals surface area contributed by atoms with Crippen molar-refractivity contribution in [3.63, 3.8) is 0 Å². The lowest BCUT2D eigenvalue weighted by Crippen LogP contribution is -3.15. The zero-order valence-corrected chi connectivity index (χ0v) is 17.1. The van der Waals surface area contributed by atoms with Crippen molar-refractivity contribution >= 4 is 27.3 Å². The molecule has 146 valence electrons. The van der Waals surface area contributed by atoms with Gasteiger partial charge in [0, 0.05) is 6.54 Å². The number of sulfonamides is 1. The molecule has 1 fully saturated rings. The minimum atomic E-state index is -3.38. The maximum atomic E-state index is 12.5. The van der Waals surface area contributed by atoms with Crippen LogP contribution >= 0.6 is 11.3 Å². The normalized spacial score (nSPS) is 17.5. The van der Waals surface area contributed by atoms with Crippen LogP contribution in [0.2, 0.25) is 0 Å². The largest absolute Gasteiger partial charge is 0.351 e. The van der Waals surface area contributed by atoms with Crippen LogP contribution in [0, 0.1) is 0 Å². The molecule has 1 amide bonds. The molecule has 0 bridgehead atoms. The van der Waals surface area contributed by atoms with Gasteiger partial charge < -0.3 is 10.2 Å². The summed E-state index contributed by atoms with van der Waals surface area (Å²) >= 11 is 1.24. The van der Waals surface area contributed by atoms with Gasteiger partial charge in [-0.3, -0.25) is 4.79 Å². The van der Waals surface area contributed by atoms with Crippen LogP contribution in [0.3, 0.4) is 0 Å². The first-order valence-electron chi connectivity index (χ1n) is 9.15. The lowest BCUT2D eigenvalue weighted by molar-refractivity contribution is -0.895. The van der Waals surface area contributed by atoms with Crippen molar-refractivity contribution in [1.82, 2.24) is 9.62 Å². The van der Waals surface area contributed by atoms with Crippen LogP contribution in [0.15, 0.2) is 52.1 Å². The summed E-state index contributed by atoms with van der Waals surface area (Å²) in [5.41, 5.74) is 1.21. The molecule has 0 radical (unpaired) electrons. The summed E-state index contributed by atoms with van der Waals surface area (Å²) in [7, 11) is -3.38. The summed E-state index contributed by atoms with van der Waals surface area (Å²) in [5, 5.41) is 4.78. The molecule has 2 N–H and O–H groups in total. The van der Waals surface area contributed by atoms with E-state index in [-0.39, 0.29) is 11.8 Å². The Hall–Kier alpha value is -1.74. The highest BCUT2D eigenvalue weighted by Gasteiger charge is 2.31. The van der Waals surface area contributed by atoms with Gasteiger partial charge in [0.05, 0.1) is 26.2 Å². The van der Waals surface area contributed by atoms with Crippen molar-refractivity contribution in [3.05, 3.63) is 53.4 Å². The summed E-state index contributed by atoms with van der Waals surface area (Å²) in [6, 6.07) is 13.5. The van der Waals surface area contributed by atoms with E-state index in [9.17, 15) is 13.2 Å². The standard InChI is InChI=1S/C19H25N3O3S2/c1-16(17-6-3-2-4-7-17)14-20-18(23)15-21-9-11-22(12-10-21)27(24,25)19-8-5-13-26-19/h2-8,13,16H,9-12,14-15H2,1H3,(H,20,23)/p+1/t16-/m1/s1. The van der Waals surface area contributed by atoms with Gasteiger partial charge in [0.1, 0.15) is 4.21 Å². The second-order valence-corrected chi connectivity index (χ2v) is 9.99. The molecule has 0 unspecified atom stereocenters. The lowest BCUT2D eigenvalue weighted by atomic mass is 10.0. The van der Waals surface area contributed by atoms with Crippen molar-refractivity contribution < 1.29 is 18.1 Å². The third kappa shape index (κ3) is 5.16. The number of carbonyl (C=O) groups is 1. The summed E-state index contributed by atoms with van der Waals surface area (Å²) in [5.74, 6) is 0.278. The Morgan fingerprint density at radius 3 is 2.52 bits per heavy atom. The van der Waals surface area contributed by atoms with E-state index in [4.69, 9.17) is 0 Å². The number of amides is 1. The van der Waals surface area contributed by atoms with E-state index in [1.165, 1.54) is 21.2 Å². The third-order valence-electron chi connectivity index (χ3n) is 4.90. The first-order valence-corrected chi connectivity index (χ1v) is 11.5. The van der Waals surface area contributed by atoms with Crippen LogP contribution in [0.5, 0.6) is 0 Å². The second kappa shape index (κ2) is 8.97. The number of quaternary nitrogens is 1. The fourth-order valence-electron chi connectivity index (χ4n) is 3.21. The molecule has 0 aliphatic carbocycles. The van der Waals surface area contributed by atoms with E-state index in [0.29, 0.717) is 43.5 Å². The van der Waals surface area contributed by atoms with Crippen molar-refractivity contribution in [2.24, 2.45) is 0 Å². The minimum Gasteiger partial charge on any atom is -0.351 e. The Morgan fingerprint density at radius 2 is 1.89 bits per heavy atom. The predicted octanol–water partition coefficient (Wildman–Crippen LogP) is 0.557. The number of hydrogen-bond donors (Lipinski definition) is 2. The molecule has 2 aromatic rings. The monoisotopic (exact) mass is 408 g/mol. The average Bonchev–Trinajstić information content (AvgIpc) is 3.23. The Bertz CT molecular complexity index is 830. The van der Waals surface area contributed by atoms with Crippen LogP contribution in [0.25, 0.3) is 0 Å². The van der Waals surface area contributed by atoms with Crippen molar-refractivity contribution in [2.45, 2.75) is 17.1 Å². The smallest absolute Gasteiger partial charge is 0.275 e. The zero-order valence-electron chi connectivity index (χ0n) is 15.4. The highest BCUT2D eigenvalue weighted by atomic mass is 32.2. The molecule has 1 saturated heterocycles. The highest BCUT2D eigenvalue weighted by molar-refractivity contribution is 7.91. The molecule has 1 atom stereocenters. The summed E-state index contributed by atoms with van der Waals surface area (Å²) < 4.78 is 27.0. The molecule has 6 nitrogen and oxygen atoms in total. The van der Waals surface area contributed by atoms with E-state index in [2.05, 4.69) is 24.4 Å². The Morgan fingerprint density at radius 1 is 1.19 bits per heavy atom. The fourth-order valence-corrected chi connectivity index (χ4v) is 5.80. The molecule has 8 heteroatoms. The minimum absolute atomic E-state index is 0.0161. The van der Waals surface area contributed by atoms with Crippen LogP contribution in [0.1, 0.15) is 18.4 Å². The van der Waals surface area contributed by atoms with Crippen LogP contribution in [-0.4, -0.2) is 57.9 Å². The number of nitrogens with one attached hydrogen (secondary N) is 2. The molecule has 1 aliphatic heterocycles. The van der Waals surface area contributed by atoms with Gasteiger partial charge in [0.15, 0.2) is 6.54 Å². The van der Waals surface area contributed by atoms with Gasteiger partial charge in [0.25, 0.3) is 15.9 Å². The average molecular weight is 409 g/mol. The molecule has 0 saturated carbocycles. The maximum Gasteiger partial charge on any atom is 0.275 e. The van der Waals surface area contributed by atoms with Gasteiger partial charge >= 0.3 is 0 Å². The van der Waals surface area contributed by atoms with E-state index in [1.807, 2.05) is 18.2 Å². The van der Waals surface area contributed by atoms with Gasteiger partial charge in [0.2, 0.25) is 0 Å². The molecule has 3 rings (SSSR count). The molecular weight excluding hydrogens is 382 g/mol. The van der Waals surface area contributed by atoms with Crippen molar-refractivity contribution in [2.75, 3.05) is 39.3 Å². The van der Waals surface area contributed by atoms with E-state index >= 15 is 0 Å². The Kier molecular flexibility index (Phi) is 6.64. The number of rotatable bonds is 7. The van der Waals surface area contributed by atoms with Gasteiger partial charge in [-0.2, -0.15) is 4.31 Å². The molecule has 1 aromatic heterocycles. The summed E-state index contributed by atoms with van der Waals surface area (Å²) in [4.78, 5) is 13.4. The molecule has 2 heterocycles. The fraction of sp³-hybridized carbons (Fsp3) is 0.421. The molecule has 1 aromatic carbocycles. The van der Waals surface area contributed by atoms with Gasteiger partial charge in [-0.05, 0) is 22.9 Å². The Balaban J connectivity index is 1.43. The second-order valence-electron chi connectivity index (χ2n) is 6.88. The summed E-state index contributed by atoms with van der Waals surface area (Å²) in [6.07, 6.45) is 0. The first-order chi connectivity index (χ1) is 13.0. The van der Waals surface area contributed by atoms with Crippen LogP contribution < -0.4 is 10.2 Å². The number of thiophene rings is 1. The highest BCUT2D eigenvalue weighted by Crippen LogP contribution is 2.20. The lowest BCUT2D eigenvalue weighted by Gasteiger charge is -2.30. The first kappa shape index (κ1) is 20.0. The van der Waals surface area contributed by atoms with Gasteiger partial charge in [-0.25, -0.2) is 8.42 Å². The van der Waals surface area contributed by atoms with Crippen molar-refractivity contribution in [1.29, 1.82) is 0 Å². The molecule has 27 heavy (non-hydrogen) atoms. The number of piperazine rings is 1. The van der Waals surface area contributed by atoms with E-state index in [1.54, 1.807) is 17.5 Å². The predicted molar refractivity (Wildman–Crippen MR) is 107 cm³/mol. The quantitative estimate of drug-likeness (QED) is 0.703. The van der Waals surface area contributed by atoms with Crippen LogP contribution in [-0.2, 0) is 14.8 Å². The number of hydrogen-bond acceptors (Lipinski definition) is 4. The van der Waals surface area contributed by atoms with Gasteiger partial charge in [-0.15, -0.1) is 11.3 Å². The molecular formula is C19H26N3O3S2+. The number of nitrogens with zero attached hydrogens (tertiary/aromatic N) is 1. The molecule has 1 aliphatic rings. The van der Waals surface area contributed by atoms with E-state index < -0.39 is 10.0 Å². The Labute approximate surface area is 164 Å². The van der Waals surface area contributed by atoms with Crippen molar-refractivity contribution in [3.8, 4) is 0 Å². The third-order valence-corrected chi connectivity index (χ3v) is 8.18. The SMILES string of the molecule is C[C@H](CNC(=O)C[NH+]1CCN(S(=O)(=O)c2cccs2)CC1)c1ccccc1. The van der Waals surface area contributed by atoms with Gasteiger partial charge in [-0.1, -0.05) is 43.3 Å². The number of carbonyl (C=O) groups excluding carboxylic acids is 1. The van der Waals surface area contributed by atoms with E-state index in [0.717, 1.165) is 4.90 Å². The summed E-state index contributed by atoms with van der Waals surface area (Å²) in [6.45, 7) is 5.27. The molecule has 0 spiro atoms. The topological polar surface area (TPSA) is 70.9 Å². The van der Waals surface area contributed by atoms with Crippen LogP contribution in [0.4, 0.5) is 0 Å².